The van der Waals surface area contributed by atoms with E-state index in [-0.39, 0.29) is 17.5 Å². The predicted molar refractivity (Wildman–Crippen MR) is 82.6 cm³/mol. The molecule has 0 spiro atoms. The van der Waals surface area contributed by atoms with E-state index < -0.39 is 0 Å². The molecule has 3 heteroatoms. The van der Waals surface area contributed by atoms with Gasteiger partial charge >= 0.3 is 5.63 Å². The van der Waals surface area contributed by atoms with E-state index in [4.69, 9.17) is 9.15 Å². The molecule has 2 aliphatic carbocycles. The van der Waals surface area contributed by atoms with Gasteiger partial charge < -0.3 is 9.15 Å². The fourth-order valence-corrected chi connectivity index (χ4v) is 3.15. The number of hydrogen-bond donors (Lipinski definition) is 0. The first-order valence-corrected chi connectivity index (χ1v) is 6.96. The van der Waals surface area contributed by atoms with Gasteiger partial charge in [0.15, 0.2) is 0 Å². The molecule has 0 N–H and O–H groups in total. The average molecular weight is 278 g/mol. The van der Waals surface area contributed by atoms with Crippen LogP contribution in [0.2, 0.25) is 0 Å². The molecule has 1 aromatic carbocycles. The zero-order valence-corrected chi connectivity index (χ0v) is 11.6. The SMILES string of the molecule is COc1ccc2c3c(c(=O)oc2c1)C1C=CC=CC1C=C3. The van der Waals surface area contributed by atoms with E-state index in [1.807, 2.05) is 30.4 Å². The number of fused-ring (bicyclic) bond motifs is 5. The van der Waals surface area contributed by atoms with E-state index in [9.17, 15) is 4.79 Å². The van der Waals surface area contributed by atoms with E-state index in [2.05, 4.69) is 18.2 Å². The standard InChI is InChI=1S/C18H14O3/c1-20-12-7-9-14-15-8-6-11-4-2-3-5-13(11)17(15)18(19)21-16(14)10-12/h2-11,13H,1H3. The van der Waals surface area contributed by atoms with Gasteiger partial charge in [-0.15, -0.1) is 0 Å². The Bertz CT molecular complexity index is 868. The van der Waals surface area contributed by atoms with Gasteiger partial charge in [0.1, 0.15) is 11.3 Å². The number of ether oxygens (including phenoxy) is 1. The van der Waals surface area contributed by atoms with Gasteiger partial charge in [-0.2, -0.15) is 0 Å². The topological polar surface area (TPSA) is 39.4 Å². The minimum Gasteiger partial charge on any atom is -0.497 e. The molecule has 2 unspecified atom stereocenters. The molecule has 0 amide bonds. The van der Waals surface area contributed by atoms with Crippen molar-refractivity contribution < 1.29 is 9.15 Å². The second-order valence-corrected chi connectivity index (χ2v) is 5.31. The van der Waals surface area contributed by atoms with Crippen LogP contribution in [0, 0.1) is 5.92 Å². The summed E-state index contributed by atoms with van der Waals surface area (Å²) in [7, 11) is 1.60. The van der Waals surface area contributed by atoms with E-state index in [1.54, 1.807) is 13.2 Å². The molecular weight excluding hydrogens is 264 g/mol. The Hall–Kier alpha value is -2.55. The number of hydrogen-bond acceptors (Lipinski definition) is 3. The Morgan fingerprint density at radius 3 is 2.86 bits per heavy atom. The summed E-state index contributed by atoms with van der Waals surface area (Å²) in [4.78, 5) is 12.4. The van der Waals surface area contributed by atoms with Crippen LogP contribution in [0.1, 0.15) is 17.0 Å². The first-order chi connectivity index (χ1) is 10.3. The minimum atomic E-state index is -0.259. The molecule has 104 valence electrons. The molecule has 0 saturated carbocycles. The van der Waals surface area contributed by atoms with Crippen LogP contribution in [0.3, 0.4) is 0 Å². The molecule has 3 nitrogen and oxygen atoms in total. The third-order valence-corrected chi connectivity index (χ3v) is 4.19. The highest BCUT2D eigenvalue weighted by molar-refractivity contribution is 5.89. The molecule has 0 aliphatic heterocycles. The zero-order chi connectivity index (χ0) is 14.4. The van der Waals surface area contributed by atoms with E-state index >= 15 is 0 Å². The van der Waals surface area contributed by atoms with Crippen molar-refractivity contribution in [2.24, 2.45) is 5.92 Å². The fraction of sp³-hybridized carbons (Fsp3) is 0.167. The largest absolute Gasteiger partial charge is 0.497 e. The van der Waals surface area contributed by atoms with E-state index in [1.165, 1.54) is 0 Å². The highest BCUT2D eigenvalue weighted by Gasteiger charge is 2.28. The third-order valence-electron chi connectivity index (χ3n) is 4.19. The van der Waals surface area contributed by atoms with Crippen molar-refractivity contribution in [1.82, 2.24) is 0 Å². The van der Waals surface area contributed by atoms with Gasteiger partial charge in [-0.3, -0.25) is 0 Å². The fourth-order valence-electron chi connectivity index (χ4n) is 3.15. The van der Waals surface area contributed by atoms with Gasteiger partial charge in [-0.1, -0.05) is 36.5 Å². The Morgan fingerprint density at radius 1 is 1.14 bits per heavy atom. The molecule has 1 aromatic heterocycles. The molecule has 0 radical (unpaired) electrons. The number of benzene rings is 1. The summed E-state index contributed by atoms with van der Waals surface area (Å²) in [5.41, 5.74) is 2.02. The first kappa shape index (κ1) is 12.2. The van der Waals surface area contributed by atoms with Gasteiger partial charge in [-0.25, -0.2) is 4.79 Å². The van der Waals surface area contributed by atoms with Crippen LogP contribution < -0.4 is 10.4 Å². The van der Waals surface area contributed by atoms with Crippen molar-refractivity contribution in [2.75, 3.05) is 7.11 Å². The summed E-state index contributed by atoms with van der Waals surface area (Å²) in [5.74, 6) is 0.989. The van der Waals surface area contributed by atoms with Crippen molar-refractivity contribution in [1.29, 1.82) is 0 Å². The van der Waals surface area contributed by atoms with Gasteiger partial charge in [0.05, 0.1) is 12.7 Å². The summed E-state index contributed by atoms with van der Waals surface area (Å²) >= 11 is 0. The molecule has 2 atom stereocenters. The van der Waals surface area contributed by atoms with Crippen molar-refractivity contribution in [3.63, 3.8) is 0 Å². The molecule has 0 saturated heterocycles. The summed E-state index contributed by atoms with van der Waals surface area (Å²) in [6, 6.07) is 5.59. The molecule has 21 heavy (non-hydrogen) atoms. The summed E-state index contributed by atoms with van der Waals surface area (Å²) in [6.07, 6.45) is 12.4. The monoisotopic (exact) mass is 278 g/mol. The number of allylic oxidation sites excluding steroid dienone is 5. The second kappa shape index (κ2) is 4.48. The molecule has 2 aliphatic rings. The third kappa shape index (κ3) is 1.77. The van der Waals surface area contributed by atoms with Crippen LogP contribution in [-0.4, -0.2) is 7.11 Å². The Labute approximate surface area is 121 Å². The van der Waals surface area contributed by atoms with Crippen LogP contribution in [0.25, 0.3) is 17.0 Å². The molecule has 4 rings (SSSR count). The van der Waals surface area contributed by atoms with E-state index in [0.717, 1.165) is 16.5 Å². The van der Waals surface area contributed by atoms with Crippen molar-refractivity contribution in [2.45, 2.75) is 5.92 Å². The lowest BCUT2D eigenvalue weighted by Crippen LogP contribution is -2.22. The zero-order valence-electron chi connectivity index (χ0n) is 11.6. The molecule has 0 fully saturated rings. The van der Waals surface area contributed by atoms with E-state index in [0.29, 0.717) is 11.3 Å². The van der Waals surface area contributed by atoms with Gasteiger partial charge in [0.25, 0.3) is 0 Å². The normalized spacial score (nSPS) is 22.1. The lowest BCUT2D eigenvalue weighted by molar-refractivity contribution is 0.414. The Kier molecular flexibility index (Phi) is 2.61. The first-order valence-electron chi connectivity index (χ1n) is 6.96. The number of methoxy groups -OCH3 is 1. The Morgan fingerprint density at radius 2 is 2.00 bits per heavy atom. The van der Waals surface area contributed by atoms with Crippen LogP contribution in [0.15, 0.2) is 57.8 Å². The summed E-state index contributed by atoms with van der Waals surface area (Å²) < 4.78 is 10.7. The summed E-state index contributed by atoms with van der Waals surface area (Å²) in [5, 5.41) is 0.947. The van der Waals surface area contributed by atoms with Gasteiger partial charge in [-0.05, 0) is 17.7 Å². The van der Waals surface area contributed by atoms with Crippen molar-refractivity contribution in [3.8, 4) is 5.75 Å². The Balaban J connectivity index is 2.03. The predicted octanol–water partition coefficient (Wildman–Crippen LogP) is 3.65. The molecule has 1 heterocycles. The maximum atomic E-state index is 12.4. The maximum absolute atomic E-state index is 12.4. The molecular formula is C18H14O3. The summed E-state index contributed by atoms with van der Waals surface area (Å²) in [6.45, 7) is 0. The highest BCUT2D eigenvalue weighted by atomic mass is 16.5. The lowest BCUT2D eigenvalue weighted by Gasteiger charge is -2.26. The van der Waals surface area contributed by atoms with Crippen LogP contribution >= 0.6 is 0 Å². The lowest BCUT2D eigenvalue weighted by atomic mass is 9.77. The maximum Gasteiger partial charge on any atom is 0.340 e. The quantitative estimate of drug-likeness (QED) is 0.747. The average Bonchev–Trinajstić information content (AvgIpc) is 2.53. The van der Waals surface area contributed by atoms with Crippen LogP contribution in [-0.2, 0) is 0 Å². The van der Waals surface area contributed by atoms with Gasteiger partial charge in [0.2, 0.25) is 0 Å². The van der Waals surface area contributed by atoms with Crippen molar-refractivity contribution in [3.05, 3.63) is 70.1 Å². The highest BCUT2D eigenvalue weighted by Crippen LogP contribution is 2.39. The van der Waals surface area contributed by atoms with Crippen molar-refractivity contribution >= 4 is 17.0 Å². The van der Waals surface area contributed by atoms with Gasteiger partial charge in [0, 0.05) is 23.3 Å². The van der Waals surface area contributed by atoms with Crippen LogP contribution in [0.5, 0.6) is 5.75 Å². The number of rotatable bonds is 1. The second-order valence-electron chi connectivity index (χ2n) is 5.31. The minimum absolute atomic E-state index is 0.0674. The molecule has 2 aromatic rings. The van der Waals surface area contributed by atoms with Crippen LogP contribution in [0.4, 0.5) is 0 Å². The smallest absolute Gasteiger partial charge is 0.340 e. The molecule has 0 bridgehead atoms.